The quantitative estimate of drug-likeness (QED) is 0.562. The lowest BCUT2D eigenvalue weighted by molar-refractivity contribution is -0.158. The third-order valence-corrected chi connectivity index (χ3v) is 7.16. The molecule has 0 N–H and O–H groups in total. The highest BCUT2D eigenvalue weighted by atomic mass is 32.1. The molecule has 3 atom stereocenters. The Morgan fingerprint density at radius 1 is 1.32 bits per heavy atom. The van der Waals surface area contributed by atoms with Gasteiger partial charge in [0.15, 0.2) is 4.80 Å². The molecule has 2 aromatic heterocycles. The van der Waals surface area contributed by atoms with E-state index >= 15 is 0 Å². The molecule has 0 fully saturated rings. The molecule has 4 heterocycles. The van der Waals surface area contributed by atoms with E-state index in [0.717, 1.165) is 22.5 Å². The molecule has 0 aliphatic carbocycles. The lowest BCUT2D eigenvalue weighted by Gasteiger charge is -2.44. The van der Waals surface area contributed by atoms with Gasteiger partial charge >= 0.3 is 5.97 Å². The van der Waals surface area contributed by atoms with Gasteiger partial charge in [-0.05, 0) is 32.9 Å². The smallest absolute Gasteiger partial charge is 0.317 e. The topological polar surface area (TPSA) is 87.7 Å². The van der Waals surface area contributed by atoms with Gasteiger partial charge in [0, 0.05) is 23.9 Å². The summed E-state index contributed by atoms with van der Waals surface area (Å²) in [7, 11) is 3.22. The number of para-hydroxylation sites is 1. The van der Waals surface area contributed by atoms with Gasteiger partial charge in [0.25, 0.3) is 5.56 Å². The second-order valence-corrected chi connectivity index (χ2v) is 9.04. The maximum Gasteiger partial charge on any atom is 0.317 e. The second kappa shape index (κ2) is 6.65. The Kier molecular flexibility index (Phi) is 4.23. The summed E-state index contributed by atoms with van der Waals surface area (Å²) in [6.45, 7) is 5.65. The second-order valence-electron chi connectivity index (χ2n) is 8.03. The molecule has 3 unspecified atom stereocenters. The van der Waals surface area contributed by atoms with Crippen LogP contribution < -0.4 is 19.6 Å². The van der Waals surface area contributed by atoms with E-state index in [2.05, 4.69) is 5.10 Å². The molecule has 2 aliphatic heterocycles. The van der Waals surface area contributed by atoms with Crippen LogP contribution in [0, 0.1) is 19.8 Å². The van der Waals surface area contributed by atoms with Crippen LogP contribution >= 0.6 is 11.3 Å². The van der Waals surface area contributed by atoms with Gasteiger partial charge < -0.3 is 9.47 Å². The average Bonchev–Trinajstić information content (AvgIpc) is 3.16. The van der Waals surface area contributed by atoms with E-state index in [0.29, 0.717) is 15.1 Å². The maximum absolute atomic E-state index is 13.6. The van der Waals surface area contributed by atoms with Crippen molar-refractivity contribution in [2.24, 2.45) is 18.0 Å². The van der Waals surface area contributed by atoms with E-state index < -0.39 is 23.7 Å². The van der Waals surface area contributed by atoms with Crippen LogP contribution in [0.25, 0.3) is 6.08 Å². The van der Waals surface area contributed by atoms with Crippen LogP contribution in [0.1, 0.15) is 35.5 Å². The number of benzene rings is 1. The molecule has 1 aromatic carbocycles. The molecule has 0 saturated carbocycles. The first-order valence-corrected chi connectivity index (χ1v) is 10.8. The van der Waals surface area contributed by atoms with Crippen LogP contribution in [0.5, 0.6) is 5.75 Å². The number of aromatic nitrogens is 3. The zero-order chi connectivity index (χ0) is 22.1. The molecule has 5 rings (SSSR count). The van der Waals surface area contributed by atoms with Gasteiger partial charge in [0.1, 0.15) is 11.7 Å². The van der Waals surface area contributed by atoms with Gasteiger partial charge in [-0.25, -0.2) is 4.99 Å². The molecular formula is C22H22N4O4S. The molecular weight excluding hydrogens is 416 g/mol. The van der Waals surface area contributed by atoms with Crippen molar-refractivity contribution in [3.63, 3.8) is 0 Å². The van der Waals surface area contributed by atoms with E-state index in [1.807, 2.05) is 51.2 Å². The number of esters is 1. The highest BCUT2D eigenvalue weighted by Crippen LogP contribution is 2.47. The minimum absolute atomic E-state index is 0.191. The summed E-state index contributed by atoms with van der Waals surface area (Å²) in [5.41, 5.74) is 2.14. The molecule has 160 valence electrons. The van der Waals surface area contributed by atoms with Crippen molar-refractivity contribution in [2.75, 3.05) is 7.11 Å². The summed E-state index contributed by atoms with van der Waals surface area (Å²) in [6, 6.07) is 6.89. The monoisotopic (exact) mass is 438 g/mol. The number of carbonyl (C=O) groups is 1. The molecule has 8 nitrogen and oxygen atoms in total. The van der Waals surface area contributed by atoms with Gasteiger partial charge in [-0.15, -0.1) is 0 Å². The Balaban J connectivity index is 1.82. The molecule has 0 radical (unpaired) electrons. The fourth-order valence-corrected chi connectivity index (χ4v) is 5.64. The van der Waals surface area contributed by atoms with Crippen molar-refractivity contribution in [3.8, 4) is 5.75 Å². The number of aryl methyl sites for hydroxylation is 2. The molecule has 2 aliphatic rings. The summed E-state index contributed by atoms with van der Waals surface area (Å²) in [5, 5.41) is 4.44. The predicted molar refractivity (Wildman–Crippen MR) is 115 cm³/mol. The molecule has 31 heavy (non-hydrogen) atoms. The van der Waals surface area contributed by atoms with Crippen LogP contribution in [-0.2, 0) is 16.6 Å². The number of hydrogen-bond donors (Lipinski definition) is 0. The standard InChI is InChI=1S/C22H22N4O4S/c1-11-14(12(2)25(4)24-11)10-16-19(27)26-18-13-8-6-7-9-15(13)30-22(3,23-21(26)31-16)17(18)20(28)29-5/h6-10,17-18H,1-5H3. The van der Waals surface area contributed by atoms with Crippen molar-refractivity contribution in [1.29, 1.82) is 0 Å². The van der Waals surface area contributed by atoms with Crippen molar-refractivity contribution in [1.82, 2.24) is 14.3 Å². The Hall–Kier alpha value is -3.20. The highest BCUT2D eigenvalue weighted by Gasteiger charge is 2.55. The Labute approximate surface area is 182 Å². The lowest BCUT2D eigenvalue weighted by Crippen LogP contribution is -2.58. The van der Waals surface area contributed by atoms with Crippen LogP contribution in [-0.4, -0.2) is 33.2 Å². The SMILES string of the molecule is COC(=O)C1C2c3ccccc3OC1(C)N=c1sc(=Cc3c(C)nn(C)c3C)c(=O)n12. The van der Waals surface area contributed by atoms with Gasteiger partial charge in [0.05, 0.1) is 23.4 Å². The first-order chi connectivity index (χ1) is 14.7. The molecule has 0 spiro atoms. The van der Waals surface area contributed by atoms with Crippen LogP contribution in [0.2, 0.25) is 0 Å². The van der Waals surface area contributed by atoms with Gasteiger partial charge in [-0.3, -0.25) is 18.8 Å². The van der Waals surface area contributed by atoms with Crippen LogP contribution in [0.15, 0.2) is 34.1 Å². The first-order valence-electron chi connectivity index (χ1n) is 9.94. The molecule has 0 saturated heterocycles. The Morgan fingerprint density at radius 3 is 2.74 bits per heavy atom. The fourth-order valence-electron chi connectivity index (χ4n) is 4.56. The van der Waals surface area contributed by atoms with Crippen LogP contribution in [0.3, 0.4) is 0 Å². The summed E-state index contributed by atoms with van der Waals surface area (Å²) in [4.78, 5) is 31.7. The summed E-state index contributed by atoms with van der Waals surface area (Å²) >= 11 is 1.29. The molecule has 3 aromatic rings. The van der Waals surface area contributed by atoms with Gasteiger partial charge in [0.2, 0.25) is 5.72 Å². The average molecular weight is 439 g/mol. The number of ether oxygens (including phenoxy) is 2. The molecule has 9 heteroatoms. The largest absolute Gasteiger partial charge is 0.469 e. The van der Waals surface area contributed by atoms with E-state index in [1.54, 1.807) is 16.2 Å². The summed E-state index contributed by atoms with van der Waals surface area (Å²) in [5.74, 6) is -0.618. The Bertz CT molecular complexity index is 1420. The molecule has 0 amide bonds. The zero-order valence-corrected chi connectivity index (χ0v) is 18.7. The van der Waals surface area contributed by atoms with Gasteiger partial charge in [-0.2, -0.15) is 5.10 Å². The fraction of sp³-hybridized carbons (Fsp3) is 0.364. The Morgan fingerprint density at radius 2 is 2.06 bits per heavy atom. The normalized spacial score (nSPS) is 24.1. The minimum atomic E-state index is -1.17. The third-order valence-electron chi connectivity index (χ3n) is 6.18. The predicted octanol–water partition coefficient (Wildman–Crippen LogP) is 1.21. The van der Waals surface area contributed by atoms with E-state index in [-0.39, 0.29) is 5.56 Å². The highest BCUT2D eigenvalue weighted by molar-refractivity contribution is 7.07. The zero-order valence-electron chi connectivity index (χ0n) is 17.9. The first kappa shape index (κ1) is 19.7. The number of carbonyl (C=O) groups excluding carboxylic acids is 1. The molecule has 2 bridgehead atoms. The number of rotatable bonds is 2. The number of fused-ring (bicyclic) bond motifs is 6. The van der Waals surface area contributed by atoms with E-state index in [9.17, 15) is 9.59 Å². The van der Waals surface area contributed by atoms with Crippen molar-refractivity contribution < 1.29 is 14.3 Å². The number of thiazole rings is 1. The van der Waals surface area contributed by atoms with Crippen molar-refractivity contribution in [2.45, 2.75) is 32.5 Å². The lowest BCUT2D eigenvalue weighted by atomic mass is 9.81. The summed E-state index contributed by atoms with van der Waals surface area (Å²) in [6.07, 6.45) is 1.86. The number of hydrogen-bond acceptors (Lipinski definition) is 7. The van der Waals surface area contributed by atoms with Crippen molar-refractivity contribution >= 4 is 23.4 Å². The third kappa shape index (κ3) is 2.72. The van der Waals surface area contributed by atoms with Crippen LogP contribution in [0.4, 0.5) is 0 Å². The summed E-state index contributed by atoms with van der Waals surface area (Å²) < 4.78 is 15.2. The van der Waals surface area contributed by atoms with E-state index in [1.165, 1.54) is 18.4 Å². The van der Waals surface area contributed by atoms with Crippen molar-refractivity contribution in [3.05, 3.63) is 66.5 Å². The number of methoxy groups -OCH3 is 1. The van der Waals surface area contributed by atoms with Gasteiger partial charge in [-0.1, -0.05) is 29.5 Å². The number of nitrogens with zero attached hydrogens (tertiary/aromatic N) is 4. The minimum Gasteiger partial charge on any atom is -0.469 e. The maximum atomic E-state index is 13.6. The van der Waals surface area contributed by atoms with E-state index in [4.69, 9.17) is 14.5 Å².